The molecule has 0 spiro atoms. The summed E-state index contributed by atoms with van der Waals surface area (Å²) >= 11 is 0. The molecule has 0 fully saturated rings. The molecule has 0 amide bonds. The first kappa shape index (κ1) is 11.5. The number of ether oxygens (including phenoxy) is 1. The van der Waals surface area contributed by atoms with Crippen molar-refractivity contribution in [2.75, 3.05) is 7.11 Å². The molecule has 0 aliphatic carbocycles. The lowest BCUT2D eigenvalue weighted by Gasteiger charge is -2.02. The Morgan fingerprint density at radius 1 is 1.35 bits per heavy atom. The second-order valence-electron chi connectivity index (χ2n) is 3.50. The third kappa shape index (κ3) is 2.76. The van der Waals surface area contributed by atoms with Crippen LogP contribution in [-0.4, -0.2) is 13.1 Å². The normalized spacial score (nSPS) is 10.4. The third-order valence-corrected chi connectivity index (χ3v) is 2.34. The van der Waals surface area contributed by atoms with Gasteiger partial charge in [-0.1, -0.05) is 0 Å². The average molecular weight is 235 g/mol. The van der Waals surface area contributed by atoms with Gasteiger partial charge in [-0.3, -0.25) is 0 Å². The van der Waals surface area contributed by atoms with Gasteiger partial charge in [-0.25, -0.2) is 4.79 Å². The molecule has 90 valence electrons. The number of carbonyl (C=O) groups excluding carboxylic acids is 1. The molecule has 2 rings (SSSR count). The number of hydrogen-bond acceptors (Lipinski definition) is 5. The molecule has 0 bridgehead atoms. The monoisotopic (exact) mass is 235 g/mol. The van der Waals surface area contributed by atoms with Crippen LogP contribution in [0.5, 0.6) is 0 Å². The standard InChI is InChI=1S/C12H13NO4/c1-15-12(14)11-10(3-5-17-11)7-13-6-9-2-4-16-8-9/h2-5,8,13H,6-7H2,1H3. The zero-order chi connectivity index (χ0) is 12.1. The highest BCUT2D eigenvalue weighted by Gasteiger charge is 2.14. The predicted molar refractivity (Wildman–Crippen MR) is 59.3 cm³/mol. The average Bonchev–Trinajstić information content (AvgIpc) is 2.99. The molecule has 17 heavy (non-hydrogen) atoms. The summed E-state index contributed by atoms with van der Waals surface area (Å²) in [6, 6.07) is 3.62. The lowest BCUT2D eigenvalue weighted by atomic mass is 10.2. The van der Waals surface area contributed by atoms with Crippen molar-refractivity contribution >= 4 is 5.97 Å². The smallest absolute Gasteiger partial charge is 0.374 e. The zero-order valence-corrected chi connectivity index (χ0v) is 9.43. The predicted octanol–water partition coefficient (Wildman–Crippen LogP) is 1.95. The van der Waals surface area contributed by atoms with Gasteiger partial charge < -0.3 is 18.9 Å². The third-order valence-electron chi connectivity index (χ3n) is 2.34. The molecule has 5 heteroatoms. The summed E-state index contributed by atoms with van der Waals surface area (Å²) in [5.41, 5.74) is 1.83. The van der Waals surface area contributed by atoms with E-state index < -0.39 is 5.97 Å². The maximum Gasteiger partial charge on any atom is 0.374 e. The summed E-state index contributed by atoms with van der Waals surface area (Å²) in [5.74, 6) is -0.220. The summed E-state index contributed by atoms with van der Waals surface area (Å²) in [4.78, 5) is 11.3. The molecule has 0 saturated heterocycles. The SMILES string of the molecule is COC(=O)c1occc1CNCc1ccoc1. The Morgan fingerprint density at radius 3 is 2.94 bits per heavy atom. The zero-order valence-electron chi connectivity index (χ0n) is 9.43. The number of rotatable bonds is 5. The van der Waals surface area contributed by atoms with Gasteiger partial charge >= 0.3 is 5.97 Å². The first-order chi connectivity index (χ1) is 8.31. The van der Waals surface area contributed by atoms with Crippen LogP contribution in [0.4, 0.5) is 0 Å². The highest BCUT2D eigenvalue weighted by Crippen LogP contribution is 2.11. The van der Waals surface area contributed by atoms with Crippen molar-refractivity contribution in [1.82, 2.24) is 5.32 Å². The van der Waals surface area contributed by atoms with E-state index in [4.69, 9.17) is 8.83 Å². The number of furan rings is 2. The van der Waals surface area contributed by atoms with Crippen LogP contribution in [0.3, 0.4) is 0 Å². The molecule has 0 aromatic carbocycles. The number of carbonyl (C=O) groups is 1. The van der Waals surface area contributed by atoms with Gasteiger partial charge in [0, 0.05) is 24.2 Å². The molecular formula is C12H13NO4. The highest BCUT2D eigenvalue weighted by molar-refractivity contribution is 5.87. The van der Waals surface area contributed by atoms with Gasteiger partial charge in [0.25, 0.3) is 0 Å². The fourth-order valence-corrected chi connectivity index (χ4v) is 1.48. The number of esters is 1. The molecule has 5 nitrogen and oxygen atoms in total. The minimum absolute atomic E-state index is 0.243. The lowest BCUT2D eigenvalue weighted by molar-refractivity contribution is 0.0563. The van der Waals surface area contributed by atoms with E-state index in [0.717, 1.165) is 11.1 Å². The Kier molecular flexibility index (Phi) is 3.62. The van der Waals surface area contributed by atoms with Gasteiger partial charge in [-0.2, -0.15) is 0 Å². The molecule has 2 aromatic heterocycles. The molecule has 2 heterocycles. The van der Waals surface area contributed by atoms with Crippen molar-refractivity contribution in [2.24, 2.45) is 0 Å². The Labute approximate surface area is 98.4 Å². The summed E-state index contributed by atoms with van der Waals surface area (Å²) in [6.45, 7) is 1.20. The van der Waals surface area contributed by atoms with E-state index in [1.165, 1.54) is 13.4 Å². The number of nitrogens with one attached hydrogen (secondary N) is 1. The quantitative estimate of drug-likeness (QED) is 0.802. The molecule has 2 aromatic rings. The largest absolute Gasteiger partial charge is 0.472 e. The van der Waals surface area contributed by atoms with Crippen molar-refractivity contribution in [3.8, 4) is 0 Å². The van der Waals surface area contributed by atoms with Crippen molar-refractivity contribution in [3.63, 3.8) is 0 Å². The van der Waals surface area contributed by atoms with E-state index in [0.29, 0.717) is 13.1 Å². The maximum atomic E-state index is 11.3. The van der Waals surface area contributed by atoms with Gasteiger partial charge in [0.15, 0.2) is 0 Å². The Balaban J connectivity index is 1.91. The van der Waals surface area contributed by atoms with Crippen LogP contribution in [-0.2, 0) is 17.8 Å². The van der Waals surface area contributed by atoms with Crippen LogP contribution in [0.1, 0.15) is 21.7 Å². The van der Waals surface area contributed by atoms with Crippen LogP contribution in [0.25, 0.3) is 0 Å². The number of methoxy groups -OCH3 is 1. The van der Waals surface area contributed by atoms with Crippen LogP contribution in [0, 0.1) is 0 Å². The minimum atomic E-state index is -0.463. The fourth-order valence-electron chi connectivity index (χ4n) is 1.48. The minimum Gasteiger partial charge on any atom is -0.472 e. The Morgan fingerprint density at radius 2 is 2.24 bits per heavy atom. The summed E-state index contributed by atoms with van der Waals surface area (Å²) < 4.78 is 14.6. The number of hydrogen-bond donors (Lipinski definition) is 1. The topological polar surface area (TPSA) is 64.6 Å². The van der Waals surface area contributed by atoms with Crippen LogP contribution >= 0.6 is 0 Å². The molecule has 0 saturated carbocycles. The van der Waals surface area contributed by atoms with Crippen molar-refractivity contribution in [1.29, 1.82) is 0 Å². The molecule has 1 N–H and O–H groups in total. The molecular weight excluding hydrogens is 222 g/mol. The fraction of sp³-hybridized carbons (Fsp3) is 0.250. The second kappa shape index (κ2) is 5.36. The van der Waals surface area contributed by atoms with Gasteiger partial charge in [-0.05, 0) is 12.1 Å². The Bertz CT molecular complexity index is 472. The van der Waals surface area contributed by atoms with E-state index in [-0.39, 0.29) is 5.76 Å². The first-order valence-corrected chi connectivity index (χ1v) is 5.17. The molecule has 0 aliphatic heterocycles. The van der Waals surface area contributed by atoms with Gasteiger partial charge in [-0.15, -0.1) is 0 Å². The summed E-state index contributed by atoms with van der Waals surface area (Å²) in [7, 11) is 1.33. The molecule has 0 unspecified atom stereocenters. The van der Waals surface area contributed by atoms with Crippen molar-refractivity contribution in [3.05, 3.63) is 47.8 Å². The lowest BCUT2D eigenvalue weighted by Crippen LogP contribution is -2.14. The van der Waals surface area contributed by atoms with Crippen LogP contribution in [0.2, 0.25) is 0 Å². The van der Waals surface area contributed by atoms with E-state index in [2.05, 4.69) is 10.1 Å². The molecule has 0 radical (unpaired) electrons. The van der Waals surface area contributed by atoms with Crippen LogP contribution < -0.4 is 5.32 Å². The van der Waals surface area contributed by atoms with Crippen molar-refractivity contribution in [2.45, 2.75) is 13.1 Å². The molecule has 0 atom stereocenters. The maximum absolute atomic E-state index is 11.3. The summed E-state index contributed by atoms with van der Waals surface area (Å²) in [6.07, 6.45) is 4.76. The first-order valence-electron chi connectivity index (χ1n) is 5.17. The summed E-state index contributed by atoms with van der Waals surface area (Å²) in [5, 5.41) is 3.18. The second-order valence-corrected chi connectivity index (χ2v) is 3.50. The Hall–Kier alpha value is -2.01. The van der Waals surface area contributed by atoms with E-state index in [9.17, 15) is 4.79 Å². The van der Waals surface area contributed by atoms with E-state index in [1.54, 1.807) is 18.6 Å². The van der Waals surface area contributed by atoms with Gasteiger partial charge in [0.05, 0.1) is 25.9 Å². The molecule has 0 aliphatic rings. The van der Waals surface area contributed by atoms with Gasteiger partial charge in [0.1, 0.15) is 0 Å². The highest BCUT2D eigenvalue weighted by atomic mass is 16.5. The van der Waals surface area contributed by atoms with Gasteiger partial charge in [0.2, 0.25) is 5.76 Å². The van der Waals surface area contributed by atoms with Crippen molar-refractivity contribution < 1.29 is 18.4 Å². The van der Waals surface area contributed by atoms with Crippen LogP contribution in [0.15, 0.2) is 39.8 Å². The van der Waals surface area contributed by atoms with E-state index >= 15 is 0 Å². The van der Waals surface area contributed by atoms with E-state index in [1.807, 2.05) is 6.07 Å².